The molecule has 0 atom stereocenters. The second kappa shape index (κ2) is 2.91. The molecule has 1 nitrogen and oxygen atoms in total. The summed E-state index contributed by atoms with van der Waals surface area (Å²) in [5.41, 5.74) is 0.817. The van der Waals surface area contributed by atoms with E-state index in [1.807, 2.05) is 6.92 Å². The number of rotatable bonds is 2. The molecule has 0 aliphatic rings. The predicted molar refractivity (Wildman–Crippen MR) is 25.4 cm³/mol. The minimum atomic E-state index is 0.569. The van der Waals surface area contributed by atoms with E-state index in [9.17, 15) is 0 Å². The molecule has 0 saturated carbocycles. The van der Waals surface area contributed by atoms with Crippen LogP contribution in [0.3, 0.4) is 0 Å². The van der Waals surface area contributed by atoms with Gasteiger partial charge in [0.15, 0.2) is 0 Å². The fourth-order valence-electron chi connectivity index (χ4n) is 0.228. The third-order valence-corrected chi connectivity index (χ3v) is 0.372. The first kappa shape index (κ1) is 5.70. The van der Waals surface area contributed by atoms with E-state index in [4.69, 9.17) is 6.58 Å². The largest absolute Gasteiger partial charge is 0.380 e. The van der Waals surface area contributed by atoms with Gasteiger partial charge in [-0.3, -0.25) is 0 Å². The molecule has 1 heteroatoms. The Morgan fingerprint density at radius 3 is 2.33 bits per heavy atom. The number of ether oxygens (including phenoxy) is 1. The lowest BCUT2D eigenvalue weighted by Gasteiger charge is -1.90. The molecule has 0 aliphatic carbocycles. The molecule has 0 heterocycles. The maximum atomic E-state index is 5.19. The van der Waals surface area contributed by atoms with Gasteiger partial charge in [0.05, 0.1) is 6.61 Å². The molecule has 0 fully saturated rings. The van der Waals surface area contributed by atoms with Gasteiger partial charge >= 0.3 is 0 Å². The molecule has 1 radical (unpaired) electrons. The molecule has 0 aromatic carbocycles. The maximum Gasteiger partial charge on any atom is 0.0673 e. The smallest absolute Gasteiger partial charge is 0.0673 e. The van der Waals surface area contributed by atoms with Gasteiger partial charge in [-0.2, -0.15) is 0 Å². The fraction of sp³-hybridized carbons (Fsp3) is 0.600. The Balaban J connectivity index is 2.83. The van der Waals surface area contributed by atoms with E-state index in [0.717, 1.165) is 5.57 Å². The van der Waals surface area contributed by atoms with E-state index in [2.05, 4.69) is 4.74 Å². The van der Waals surface area contributed by atoms with E-state index in [-0.39, 0.29) is 0 Å². The third kappa shape index (κ3) is 3.70. The van der Waals surface area contributed by atoms with Crippen molar-refractivity contribution in [3.8, 4) is 0 Å². The maximum absolute atomic E-state index is 5.19. The van der Waals surface area contributed by atoms with Crippen molar-refractivity contribution in [1.29, 1.82) is 0 Å². The fourth-order valence-corrected chi connectivity index (χ4v) is 0.228. The molecule has 0 amide bonds. The first-order valence-electron chi connectivity index (χ1n) is 1.84. The first-order chi connectivity index (χ1) is 2.77. The predicted octanol–water partition coefficient (Wildman–Crippen LogP) is 1.01. The third-order valence-electron chi connectivity index (χ3n) is 0.372. The summed E-state index contributed by atoms with van der Waals surface area (Å²) in [5, 5.41) is 0. The summed E-state index contributed by atoms with van der Waals surface area (Å²) in [4.78, 5) is 0. The van der Waals surface area contributed by atoms with Gasteiger partial charge in [0.1, 0.15) is 0 Å². The minimum absolute atomic E-state index is 0.569. The monoisotopic (exact) mass is 85.1 g/mol. The number of methoxy groups -OCH3 is 1. The topological polar surface area (TPSA) is 9.23 Å². The van der Waals surface area contributed by atoms with Gasteiger partial charge in [0.25, 0.3) is 0 Å². The SMILES string of the molecule is [CH]=C(C)COC. The normalized spacial score (nSPS) is 8.33. The Hall–Kier alpha value is -0.300. The van der Waals surface area contributed by atoms with Crippen molar-refractivity contribution in [3.63, 3.8) is 0 Å². The molecule has 0 rings (SSSR count). The molecule has 0 N–H and O–H groups in total. The Bertz CT molecular complexity index is 47.9. The van der Waals surface area contributed by atoms with Crippen molar-refractivity contribution in [2.75, 3.05) is 13.7 Å². The second-order valence-corrected chi connectivity index (χ2v) is 1.28. The average Bonchev–Trinajstić information content (AvgIpc) is 1.35. The van der Waals surface area contributed by atoms with Crippen LogP contribution in [0.5, 0.6) is 0 Å². The number of hydrogen-bond donors (Lipinski definition) is 0. The zero-order valence-electron chi connectivity index (χ0n) is 4.19. The lowest BCUT2D eigenvalue weighted by atomic mass is 10.4. The van der Waals surface area contributed by atoms with Crippen molar-refractivity contribution in [2.24, 2.45) is 0 Å². The Morgan fingerprint density at radius 2 is 2.33 bits per heavy atom. The van der Waals surface area contributed by atoms with Crippen LogP contribution in [0.2, 0.25) is 0 Å². The molecule has 0 aliphatic heterocycles. The highest BCUT2D eigenvalue weighted by Crippen LogP contribution is 1.82. The van der Waals surface area contributed by atoms with Crippen LogP contribution in [0.15, 0.2) is 5.57 Å². The first-order valence-corrected chi connectivity index (χ1v) is 1.84. The summed E-state index contributed by atoms with van der Waals surface area (Å²) in [6.45, 7) is 7.59. The van der Waals surface area contributed by atoms with Gasteiger partial charge in [-0.05, 0) is 12.5 Å². The van der Waals surface area contributed by atoms with Crippen molar-refractivity contribution < 1.29 is 4.74 Å². The van der Waals surface area contributed by atoms with Gasteiger partial charge in [0.2, 0.25) is 0 Å². The van der Waals surface area contributed by atoms with Crippen LogP contribution < -0.4 is 0 Å². The van der Waals surface area contributed by atoms with Gasteiger partial charge in [0, 0.05) is 7.11 Å². The molecule has 0 aromatic heterocycles. The minimum Gasteiger partial charge on any atom is -0.380 e. The highest BCUT2D eigenvalue weighted by atomic mass is 16.5. The highest BCUT2D eigenvalue weighted by Gasteiger charge is 1.75. The molecule has 0 aromatic rings. The Labute approximate surface area is 38.6 Å². The summed E-state index contributed by atoms with van der Waals surface area (Å²) in [6, 6.07) is 0. The van der Waals surface area contributed by atoms with Crippen LogP contribution in [0.1, 0.15) is 6.92 Å². The van der Waals surface area contributed by atoms with Gasteiger partial charge in [-0.25, -0.2) is 0 Å². The highest BCUT2D eigenvalue weighted by molar-refractivity contribution is 4.83. The standard InChI is InChI=1S/C5H9O/c1-5(2)4-6-3/h1H,4H2,2-3H3. The molecule has 0 spiro atoms. The van der Waals surface area contributed by atoms with Crippen molar-refractivity contribution >= 4 is 0 Å². The van der Waals surface area contributed by atoms with Crippen LogP contribution >= 0.6 is 0 Å². The summed E-state index contributed by atoms with van der Waals surface area (Å²) < 4.78 is 4.64. The van der Waals surface area contributed by atoms with Crippen molar-refractivity contribution in [3.05, 3.63) is 12.2 Å². The zero-order chi connectivity index (χ0) is 4.99. The van der Waals surface area contributed by atoms with Crippen LogP contribution in [-0.2, 0) is 4.74 Å². The molecule has 35 valence electrons. The van der Waals surface area contributed by atoms with Gasteiger partial charge < -0.3 is 4.74 Å². The van der Waals surface area contributed by atoms with E-state index >= 15 is 0 Å². The van der Waals surface area contributed by atoms with Crippen LogP contribution in [0, 0.1) is 6.58 Å². The Kier molecular flexibility index (Phi) is 2.77. The summed E-state index contributed by atoms with van der Waals surface area (Å²) >= 11 is 0. The summed E-state index contributed by atoms with van der Waals surface area (Å²) in [5.74, 6) is 0. The average molecular weight is 85.1 g/mol. The number of hydrogen-bond acceptors (Lipinski definition) is 1. The molecule has 0 saturated heterocycles. The lowest BCUT2D eigenvalue weighted by Crippen LogP contribution is -1.85. The van der Waals surface area contributed by atoms with E-state index < -0.39 is 0 Å². The molecule has 0 bridgehead atoms. The van der Waals surface area contributed by atoms with Crippen molar-refractivity contribution in [1.82, 2.24) is 0 Å². The lowest BCUT2D eigenvalue weighted by molar-refractivity contribution is 0.226. The van der Waals surface area contributed by atoms with Crippen molar-refractivity contribution in [2.45, 2.75) is 6.92 Å². The van der Waals surface area contributed by atoms with Gasteiger partial charge in [-0.1, -0.05) is 6.58 Å². The summed E-state index contributed by atoms with van der Waals surface area (Å²) in [7, 11) is 1.62. The molecule has 6 heavy (non-hydrogen) atoms. The van der Waals surface area contributed by atoms with Crippen LogP contribution in [-0.4, -0.2) is 13.7 Å². The molecule has 0 unspecified atom stereocenters. The summed E-state index contributed by atoms with van der Waals surface area (Å²) in [6.07, 6.45) is 0. The van der Waals surface area contributed by atoms with Crippen LogP contribution in [0.4, 0.5) is 0 Å². The zero-order valence-corrected chi connectivity index (χ0v) is 4.19. The van der Waals surface area contributed by atoms with E-state index in [0.29, 0.717) is 6.61 Å². The van der Waals surface area contributed by atoms with E-state index in [1.54, 1.807) is 7.11 Å². The molecular formula is C5H9O. The quantitative estimate of drug-likeness (QED) is 0.486. The van der Waals surface area contributed by atoms with Gasteiger partial charge in [-0.15, -0.1) is 0 Å². The Morgan fingerprint density at radius 1 is 1.83 bits per heavy atom. The van der Waals surface area contributed by atoms with E-state index in [1.165, 1.54) is 0 Å². The molecular weight excluding hydrogens is 76.1 g/mol. The second-order valence-electron chi connectivity index (χ2n) is 1.28. The van der Waals surface area contributed by atoms with Crippen LogP contribution in [0.25, 0.3) is 0 Å².